The van der Waals surface area contributed by atoms with E-state index in [2.05, 4.69) is 17.3 Å². The Hall–Kier alpha value is -0.610. The zero-order valence-corrected chi connectivity index (χ0v) is 14.0. The molecule has 0 saturated heterocycles. The highest BCUT2D eigenvalue weighted by Gasteiger charge is 2.39. The van der Waals surface area contributed by atoms with Crippen LogP contribution >= 0.6 is 0 Å². The van der Waals surface area contributed by atoms with Crippen LogP contribution in [0.2, 0.25) is 0 Å². The summed E-state index contributed by atoms with van der Waals surface area (Å²) in [5.41, 5.74) is -0.494. The number of carbonyl (C=O) groups is 1. The molecule has 4 nitrogen and oxygen atoms in total. The molecule has 2 aliphatic carbocycles. The quantitative estimate of drug-likeness (QED) is 0.497. The highest BCUT2D eigenvalue weighted by molar-refractivity contribution is 5.80. The predicted molar refractivity (Wildman–Crippen MR) is 85.3 cm³/mol. The zero-order valence-electron chi connectivity index (χ0n) is 14.0. The molecule has 2 aliphatic rings. The van der Waals surface area contributed by atoms with Crippen LogP contribution in [0.15, 0.2) is 0 Å². The van der Waals surface area contributed by atoms with E-state index < -0.39 is 5.54 Å². The smallest absolute Gasteiger partial charge is 0.326 e. The van der Waals surface area contributed by atoms with Gasteiger partial charge in [0.05, 0.1) is 6.61 Å². The maximum Gasteiger partial charge on any atom is 0.326 e. The Morgan fingerprint density at radius 1 is 1.29 bits per heavy atom. The summed E-state index contributed by atoms with van der Waals surface area (Å²) >= 11 is 0. The number of ether oxygens (including phenoxy) is 1. The van der Waals surface area contributed by atoms with Gasteiger partial charge in [-0.3, -0.25) is 10.1 Å². The molecule has 0 aromatic rings. The summed E-state index contributed by atoms with van der Waals surface area (Å²) in [6, 6.07) is 1.34. The third-order valence-corrected chi connectivity index (χ3v) is 4.96. The average Bonchev–Trinajstić information content (AvgIpc) is 3.16. The lowest BCUT2D eigenvalue weighted by molar-refractivity contribution is -0.151. The maximum absolute atomic E-state index is 12.2. The number of rotatable bonds is 10. The van der Waals surface area contributed by atoms with Crippen molar-refractivity contribution < 1.29 is 9.53 Å². The van der Waals surface area contributed by atoms with Gasteiger partial charge in [-0.05, 0) is 72.4 Å². The van der Waals surface area contributed by atoms with E-state index in [0.717, 1.165) is 31.8 Å². The van der Waals surface area contributed by atoms with Crippen LogP contribution in [0.4, 0.5) is 0 Å². The summed E-state index contributed by atoms with van der Waals surface area (Å²) in [5, 5.41) is 3.50. The molecule has 0 aromatic carbocycles. The Labute approximate surface area is 129 Å². The van der Waals surface area contributed by atoms with Crippen LogP contribution in [0.5, 0.6) is 0 Å². The Morgan fingerprint density at radius 2 is 2.00 bits per heavy atom. The van der Waals surface area contributed by atoms with Gasteiger partial charge in [0.1, 0.15) is 5.54 Å². The van der Waals surface area contributed by atoms with Crippen molar-refractivity contribution in [3.05, 3.63) is 0 Å². The summed E-state index contributed by atoms with van der Waals surface area (Å²) in [5.74, 6) is -0.0794. The molecular weight excluding hydrogens is 264 g/mol. The molecule has 0 radical (unpaired) electrons. The molecule has 0 bridgehead atoms. The molecule has 1 N–H and O–H groups in total. The first-order valence-corrected chi connectivity index (χ1v) is 8.70. The van der Waals surface area contributed by atoms with Crippen LogP contribution in [0.1, 0.15) is 65.2 Å². The van der Waals surface area contributed by atoms with E-state index in [-0.39, 0.29) is 5.97 Å². The van der Waals surface area contributed by atoms with Gasteiger partial charge in [-0.1, -0.05) is 6.42 Å². The molecule has 2 saturated carbocycles. The molecule has 1 unspecified atom stereocenters. The van der Waals surface area contributed by atoms with Gasteiger partial charge in [0.25, 0.3) is 0 Å². The van der Waals surface area contributed by atoms with Crippen molar-refractivity contribution in [3.63, 3.8) is 0 Å². The summed E-state index contributed by atoms with van der Waals surface area (Å²) in [6.07, 6.45) is 9.61. The minimum atomic E-state index is -0.494. The van der Waals surface area contributed by atoms with E-state index in [4.69, 9.17) is 4.74 Å². The molecular formula is C17H32N2O2. The molecule has 0 amide bonds. The Morgan fingerprint density at radius 3 is 2.52 bits per heavy atom. The van der Waals surface area contributed by atoms with Crippen LogP contribution in [0.25, 0.3) is 0 Å². The molecule has 0 spiro atoms. The van der Waals surface area contributed by atoms with Crippen LogP contribution < -0.4 is 5.32 Å². The molecule has 2 rings (SSSR count). The molecule has 122 valence electrons. The van der Waals surface area contributed by atoms with E-state index in [1.807, 2.05) is 13.8 Å². The van der Waals surface area contributed by atoms with Crippen molar-refractivity contribution in [3.8, 4) is 0 Å². The second-order valence-corrected chi connectivity index (χ2v) is 6.99. The van der Waals surface area contributed by atoms with Gasteiger partial charge in [-0.2, -0.15) is 0 Å². The van der Waals surface area contributed by atoms with Crippen LogP contribution in [-0.2, 0) is 9.53 Å². The largest absolute Gasteiger partial charge is 0.465 e. The number of esters is 1. The number of carbonyl (C=O) groups excluding carboxylic acids is 1. The number of unbranched alkanes of at least 4 members (excludes halogenated alkanes) is 1. The second-order valence-electron chi connectivity index (χ2n) is 6.99. The number of nitrogens with zero attached hydrogens (tertiary/aromatic N) is 1. The summed E-state index contributed by atoms with van der Waals surface area (Å²) < 4.78 is 5.27. The Bertz CT molecular complexity index is 340. The van der Waals surface area contributed by atoms with Crippen molar-refractivity contribution in [1.29, 1.82) is 0 Å². The third-order valence-electron chi connectivity index (χ3n) is 4.96. The maximum atomic E-state index is 12.2. The summed E-state index contributed by atoms with van der Waals surface area (Å²) in [7, 11) is 2.23. The molecule has 0 heterocycles. The third kappa shape index (κ3) is 4.96. The fourth-order valence-corrected chi connectivity index (χ4v) is 3.05. The molecule has 21 heavy (non-hydrogen) atoms. The topological polar surface area (TPSA) is 41.6 Å². The number of hydrogen-bond donors (Lipinski definition) is 1. The normalized spacial score (nSPS) is 21.9. The van der Waals surface area contributed by atoms with Gasteiger partial charge >= 0.3 is 5.97 Å². The molecule has 1 atom stereocenters. The van der Waals surface area contributed by atoms with Gasteiger partial charge < -0.3 is 9.64 Å². The molecule has 0 aromatic heterocycles. The average molecular weight is 296 g/mol. The van der Waals surface area contributed by atoms with E-state index in [1.54, 1.807) is 0 Å². The van der Waals surface area contributed by atoms with Gasteiger partial charge in [0.2, 0.25) is 0 Å². The zero-order chi connectivity index (χ0) is 15.3. The van der Waals surface area contributed by atoms with Gasteiger partial charge in [-0.15, -0.1) is 0 Å². The van der Waals surface area contributed by atoms with E-state index in [1.165, 1.54) is 32.1 Å². The highest BCUT2D eigenvalue weighted by Crippen LogP contribution is 2.27. The summed E-state index contributed by atoms with van der Waals surface area (Å²) in [4.78, 5) is 14.7. The lowest BCUT2D eigenvalue weighted by atomic mass is 9.91. The number of nitrogens with one attached hydrogen (secondary N) is 1. The minimum Gasteiger partial charge on any atom is -0.465 e. The van der Waals surface area contributed by atoms with Crippen molar-refractivity contribution in [2.75, 3.05) is 20.2 Å². The Kier molecular flexibility index (Phi) is 6.06. The fraction of sp³-hybridized carbons (Fsp3) is 0.941. The lowest BCUT2D eigenvalue weighted by Gasteiger charge is -2.35. The first-order chi connectivity index (χ1) is 10.0. The molecule has 2 fully saturated rings. The van der Waals surface area contributed by atoms with E-state index in [0.29, 0.717) is 12.6 Å². The van der Waals surface area contributed by atoms with Crippen LogP contribution in [0.3, 0.4) is 0 Å². The molecule has 0 aliphatic heterocycles. The second kappa shape index (κ2) is 7.59. The minimum absolute atomic E-state index is 0.0794. The predicted octanol–water partition coefficient (Wildman–Crippen LogP) is 2.71. The molecule has 4 heteroatoms. The van der Waals surface area contributed by atoms with E-state index >= 15 is 0 Å². The first-order valence-electron chi connectivity index (χ1n) is 8.70. The SMILES string of the molecule is CCOC(=O)C(C)(CCCCN(C)C1CCC1)NC1CC1. The van der Waals surface area contributed by atoms with Crippen LogP contribution in [0, 0.1) is 0 Å². The highest BCUT2D eigenvalue weighted by atomic mass is 16.5. The number of hydrogen-bond acceptors (Lipinski definition) is 4. The van der Waals surface area contributed by atoms with Crippen molar-refractivity contribution >= 4 is 5.97 Å². The van der Waals surface area contributed by atoms with Crippen LogP contribution in [-0.4, -0.2) is 48.7 Å². The van der Waals surface area contributed by atoms with Crippen molar-refractivity contribution in [1.82, 2.24) is 10.2 Å². The lowest BCUT2D eigenvalue weighted by Crippen LogP contribution is -2.51. The van der Waals surface area contributed by atoms with Crippen molar-refractivity contribution in [2.45, 2.75) is 82.8 Å². The van der Waals surface area contributed by atoms with Gasteiger partial charge in [0.15, 0.2) is 0 Å². The van der Waals surface area contributed by atoms with Gasteiger partial charge in [0, 0.05) is 12.1 Å². The Balaban J connectivity index is 1.71. The first kappa shape index (κ1) is 16.8. The van der Waals surface area contributed by atoms with Gasteiger partial charge in [-0.25, -0.2) is 0 Å². The fourth-order valence-electron chi connectivity index (χ4n) is 3.05. The monoisotopic (exact) mass is 296 g/mol. The van der Waals surface area contributed by atoms with E-state index in [9.17, 15) is 4.79 Å². The standard InChI is InChI=1S/C17H32N2O2/c1-4-21-16(20)17(2,18-14-10-11-14)12-5-6-13-19(3)15-8-7-9-15/h14-15,18H,4-13H2,1-3H3. The summed E-state index contributed by atoms with van der Waals surface area (Å²) in [6.45, 7) is 5.50. The van der Waals surface area contributed by atoms with Crippen molar-refractivity contribution in [2.24, 2.45) is 0 Å².